The molecule has 6 rings (SSSR count). The highest BCUT2D eigenvalue weighted by molar-refractivity contribution is 6.39. The number of carbonyl (C=O) groups excluding carboxylic acids is 2. The van der Waals surface area contributed by atoms with Crippen LogP contribution in [0.5, 0.6) is 0 Å². The van der Waals surface area contributed by atoms with Crippen molar-refractivity contribution in [1.29, 1.82) is 0 Å². The van der Waals surface area contributed by atoms with E-state index in [1.807, 2.05) is 24.3 Å². The van der Waals surface area contributed by atoms with E-state index in [0.29, 0.717) is 27.2 Å². The number of hydrogen-bond donors (Lipinski definition) is 1. The van der Waals surface area contributed by atoms with E-state index in [1.165, 1.54) is 7.11 Å². The van der Waals surface area contributed by atoms with Crippen LogP contribution in [0.3, 0.4) is 0 Å². The van der Waals surface area contributed by atoms with Crippen LogP contribution < -0.4 is 5.32 Å². The summed E-state index contributed by atoms with van der Waals surface area (Å²) in [5.41, 5.74) is 3.39. The van der Waals surface area contributed by atoms with E-state index in [0.717, 1.165) is 80.4 Å². The lowest BCUT2D eigenvalue weighted by Crippen LogP contribution is -2.32. The van der Waals surface area contributed by atoms with Gasteiger partial charge in [0.25, 0.3) is 0 Å². The first kappa shape index (κ1) is 25.4. The molecule has 1 heterocycles. The standard InChI is InChI=1S/C30H30Cl2N2O4/c1-37-27(35)19-4-2-5-20(16-19)33-28(36)30-14-12-29(17-30,13-15-30)11-10-21-25(34-38-26(21)18-8-9-18)24-22(31)6-3-7-23(24)32/h2-7,16,18H,8-15,17H2,1H3,(H,33,36). The maximum atomic E-state index is 13.5. The number of rotatable bonds is 8. The molecule has 6 nitrogen and oxygen atoms in total. The molecule has 3 aliphatic carbocycles. The highest BCUT2D eigenvalue weighted by atomic mass is 35.5. The van der Waals surface area contributed by atoms with Gasteiger partial charge in [-0.25, -0.2) is 4.79 Å². The van der Waals surface area contributed by atoms with Crippen LogP contribution in [0.1, 0.15) is 79.0 Å². The maximum absolute atomic E-state index is 13.5. The predicted octanol–water partition coefficient (Wildman–Crippen LogP) is 7.83. The molecule has 0 spiro atoms. The van der Waals surface area contributed by atoms with Gasteiger partial charge in [-0.3, -0.25) is 4.79 Å². The van der Waals surface area contributed by atoms with Gasteiger partial charge in [0.05, 0.1) is 28.1 Å². The van der Waals surface area contributed by atoms with Gasteiger partial charge < -0.3 is 14.6 Å². The molecule has 1 N–H and O–H groups in total. The molecule has 0 aliphatic heterocycles. The van der Waals surface area contributed by atoms with Gasteiger partial charge in [0.1, 0.15) is 11.5 Å². The van der Waals surface area contributed by atoms with Crippen molar-refractivity contribution in [2.45, 2.75) is 63.7 Å². The Morgan fingerprint density at radius 1 is 1.08 bits per heavy atom. The van der Waals surface area contributed by atoms with E-state index < -0.39 is 5.97 Å². The fraction of sp³-hybridized carbons (Fsp3) is 0.433. The van der Waals surface area contributed by atoms with Crippen molar-refractivity contribution in [2.24, 2.45) is 10.8 Å². The van der Waals surface area contributed by atoms with Crippen LogP contribution >= 0.6 is 23.2 Å². The number of benzene rings is 2. The van der Waals surface area contributed by atoms with Crippen LogP contribution in [0.15, 0.2) is 47.0 Å². The van der Waals surface area contributed by atoms with Gasteiger partial charge in [0, 0.05) is 22.7 Å². The highest BCUT2D eigenvalue weighted by Gasteiger charge is 2.57. The molecule has 1 aromatic heterocycles. The Bertz CT molecular complexity index is 1380. The van der Waals surface area contributed by atoms with Crippen LogP contribution in [-0.2, 0) is 16.0 Å². The lowest BCUT2D eigenvalue weighted by atomic mass is 9.78. The quantitative estimate of drug-likeness (QED) is 0.288. The number of amides is 1. The van der Waals surface area contributed by atoms with Gasteiger partial charge >= 0.3 is 5.97 Å². The number of halogens is 2. The van der Waals surface area contributed by atoms with Gasteiger partial charge in [0.15, 0.2) is 0 Å². The molecule has 0 saturated heterocycles. The molecule has 2 bridgehead atoms. The second-order valence-electron chi connectivity index (χ2n) is 11.2. The summed E-state index contributed by atoms with van der Waals surface area (Å²) in [6.45, 7) is 0. The van der Waals surface area contributed by atoms with Gasteiger partial charge in [-0.05, 0) is 93.5 Å². The Morgan fingerprint density at radius 2 is 1.79 bits per heavy atom. The fourth-order valence-electron chi connectivity index (χ4n) is 6.62. The minimum absolute atomic E-state index is 0.0473. The summed E-state index contributed by atoms with van der Waals surface area (Å²) in [4.78, 5) is 25.4. The second-order valence-corrected chi connectivity index (χ2v) is 12.0. The molecule has 3 fully saturated rings. The zero-order valence-corrected chi connectivity index (χ0v) is 22.8. The van der Waals surface area contributed by atoms with Crippen molar-refractivity contribution in [3.05, 3.63) is 69.4 Å². The first-order valence-corrected chi connectivity index (χ1v) is 14.0. The van der Waals surface area contributed by atoms with E-state index in [9.17, 15) is 9.59 Å². The number of aromatic nitrogens is 1. The van der Waals surface area contributed by atoms with Crippen LogP contribution in [0, 0.1) is 10.8 Å². The summed E-state index contributed by atoms with van der Waals surface area (Å²) >= 11 is 13.1. The molecular formula is C30H30Cl2N2O4. The largest absolute Gasteiger partial charge is 0.465 e. The molecule has 0 unspecified atom stereocenters. The molecular weight excluding hydrogens is 523 g/mol. The predicted molar refractivity (Wildman–Crippen MR) is 147 cm³/mol. The molecule has 38 heavy (non-hydrogen) atoms. The molecule has 0 atom stereocenters. The normalized spacial score (nSPS) is 24.0. The zero-order chi connectivity index (χ0) is 26.5. The number of esters is 1. The molecule has 0 radical (unpaired) electrons. The van der Waals surface area contributed by atoms with Gasteiger partial charge in [-0.2, -0.15) is 0 Å². The van der Waals surface area contributed by atoms with E-state index in [2.05, 4.69) is 10.5 Å². The Balaban J connectivity index is 1.19. The van der Waals surface area contributed by atoms with Crippen LogP contribution in [0.4, 0.5) is 5.69 Å². The van der Waals surface area contributed by atoms with E-state index in [4.69, 9.17) is 32.5 Å². The average molecular weight is 553 g/mol. The summed E-state index contributed by atoms with van der Waals surface area (Å²) in [6, 6.07) is 12.4. The molecule has 8 heteroatoms. The maximum Gasteiger partial charge on any atom is 0.337 e. The molecule has 2 aromatic carbocycles. The number of fused-ring (bicyclic) bond motifs is 2. The van der Waals surface area contributed by atoms with E-state index in [-0.39, 0.29) is 16.7 Å². The third-order valence-electron chi connectivity index (χ3n) is 8.88. The van der Waals surface area contributed by atoms with Crippen LogP contribution in [0.25, 0.3) is 11.3 Å². The van der Waals surface area contributed by atoms with E-state index >= 15 is 0 Å². The van der Waals surface area contributed by atoms with Crippen LogP contribution in [-0.4, -0.2) is 24.1 Å². The molecule has 3 aliphatic rings. The summed E-state index contributed by atoms with van der Waals surface area (Å²) in [6.07, 6.45) is 8.68. The van der Waals surface area contributed by atoms with Crippen molar-refractivity contribution >= 4 is 40.8 Å². The number of ether oxygens (including phenoxy) is 1. The monoisotopic (exact) mass is 552 g/mol. The molecule has 3 saturated carbocycles. The SMILES string of the molecule is COC(=O)c1cccc(NC(=O)C23CCC(CCc4c(-c5c(Cl)cccc5Cl)noc4C4CC4)(CC2)C3)c1. The Labute approximate surface area is 232 Å². The van der Waals surface area contributed by atoms with Crippen molar-refractivity contribution in [3.8, 4) is 11.3 Å². The van der Waals surface area contributed by atoms with Crippen molar-refractivity contribution in [1.82, 2.24) is 5.16 Å². The lowest BCUT2D eigenvalue weighted by molar-refractivity contribution is -0.125. The van der Waals surface area contributed by atoms with Crippen molar-refractivity contribution in [3.63, 3.8) is 0 Å². The number of nitrogens with one attached hydrogen (secondary N) is 1. The first-order valence-electron chi connectivity index (χ1n) is 13.3. The van der Waals surface area contributed by atoms with Gasteiger partial charge in [-0.1, -0.05) is 40.5 Å². The lowest BCUT2D eigenvalue weighted by Gasteiger charge is -2.27. The van der Waals surface area contributed by atoms with Crippen LogP contribution in [0.2, 0.25) is 10.0 Å². The summed E-state index contributed by atoms with van der Waals surface area (Å²) in [7, 11) is 1.35. The Hall–Kier alpha value is -2.83. The second kappa shape index (κ2) is 9.73. The first-order chi connectivity index (χ1) is 18.3. The summed E-state index contributed by atoms with van der Waals surface area (Å²) in [5.74, 6) is 1.02. The topological polar surface area (TPSA) is 81.4 Å². The number of anilines is 1. The number of methoxy groups -OCH3 is 1. The minimum atomic E-state index is -0.420. The fourth-order valence-corrected chi connectivity index (χ4v) is 7.20. The summed E-state index contributed by atoms with van der Waals surface area (Å²) < 4.78 is 10.7. The third kappa shape index (κ3) is 4.52. The zero-order valence-electron chi connectivity index (χ0n) is 21.3. The smallest absolute Gasteiger partial charge is 0.337 e. The number of carbonyl (C=O) groups is 2. The average Bonchev–Trinajstić information content (AvgIpc) is 3.42. The molecule has 1 amide bonds. The molecule has 198 valence electrons. The van der Waals surface area contributed by atoms with Crippen molar-refractivity contribution < 1.29 is 18.8 Å². The molecule has 3 aromatic rings. The van der Waals surface area contributed by atoms with Crippen molar-refractivity contribution in [2.75, 3.05) is 12.4 Å². The Morgan fingerprint density at radius 3 is 2.47 bits per heavy atom. The van der Waals surface area contributed by atoms with Gasteiger partial charge in [0.2, 0.25) is 5.91 Å². The number of nitrogens with zero attached hydrogens (tertiary/aromatic N) is 1. The highest BCUT2D eigenvalue weighted by Crippen LogP contribution is 2.64. The number of hydrogen-bond acceptors (Lipinski definition) is 5. The minimum Gasteiger partial charge on any atom is -0.465 e. The Kier molecular flexibility index (Phi) is 6.51. The van der Waals surface area contributed by atoms with Gasteiger partial charge in [-0.15, -0.1) is 0 Å². The van der Waals surface area contributed by atoms with E-state index in [1.54, 1.807) is 18.2 Å². The third-order valence-corrected chi connectivity index (χ3v) is 9.51. The summed E-state index contributed by atoms with van der Waals surface area (Å²) in [5, 5.41) is 8.67.